The highest BCUT2D eigenvalue weighted by atomic mass is 32.2. The Balaban J connectivity index is 1.68. The van der Waals surface area contributed by atoms with Crippen LogP contribution in [0.3, 0.4) is 0 Å². The molecule has 1 amide bonds. The number of anilines is 1. The Hall–Kier alpha value is -2.52. The van der Waals surface area contributed by atoms with E-state index >= 15 is 0 Å². The van der Waals surface area contributed by atoms with Crippen molar-refractivity contribution in [3.63, 3.8) is 0 Å². The molecular formula is C16H19N3O5S. The van der Waals surface area contributed by atoms with Crippen molar-refractivity contribution in [1.29, 1.82) is 0 Å². The third-order valence-electron chi connectivity index (χ3n) is 4.07. The van der Waals surface area contributed by atoms with E-state index in [1.165, 1.54) is 12.1 Å². The smallest absolute Gasteiger partial charge is 0.289 e. The molecule has 2 aromatic rings. The summed E-state index contributed by atoms with van der Waals surface area (Å²) in [5, 5.41) is 4.58. The first-order chi connectivity index (χ1) is 11.9. The molecule has 25 heavy (non-hydrogen) atoms. The fourth-order valence-electron chi connectivity index (χ4n) is 2.79. The molecule has 9 heteroatoms. The molecule has 2 N–H and O–H groups in total. The van der Waals surface area contributed by atoms with Gasteiger partial charge in [-0.2, -0.15) is 0 Å². The van der Waals surface area contributed by atoms with Crippen molar-refractivity contribution in [3.8, 4) is 5.75 Å². The highest BCUT2D eigenvalue weighted by Gasteiger charge is 2.26. The number of piperazine rings is 1. The molecule has 0 aliphatic carbocycles. The molecule has 0 atom stereocenters. The zero-order chi connectivity index (χ0) is 18.0. The third-order valence-corrected chi connectivity index (χ3v) is 4.85. The zero-order valence-electron chi connectivity index (χ0n) is 13.7. The Kier molecular flexibility index (Phi) is 4.69. The number of nitrogens with two attached hydrogens (primary N) is 1. The van der Waals surface area contributed by atoms with Gasteiger partial charge in [-0.1, -0.05) is 12.1 Å². The summed E-state index contributed by atoms with van der Waals surface area (Å²) in [7, 11) is -2.33. The lowest BCUT2D eigenvalue weighted by molar-refractivity contribution is 0.0709. The maximum absolute atomic E-state index is 12.5. The van der Waals surface area contributed by atoms with Crippen molar-refractivity contribution in [3.05, 3.63) is 42.2 Å². The summed E-state index contributed by atoms with van der Waals surface area (Å²) in [6.45, 7) is 2.24. The molecule has 0 spiro atoms. The van der Waals surface area contributed by atoms with Gasteiger partial charge < -0.3 is 19.0 Å². The van der Waals surface area contributed by atoms with Gasteiger partial charge in [-0.15, -0.1) is 0 Å². The Labute approximate surface area is 145 Å². The Bertz CT molecular complexity index is 869. The van der Waals surface area contributed by atoms with E-state index in [0.717, 1.165) is 11.4 Å². The first-order valence-electron chi connectivity index (χ1n) is 7.70. The second-order valence-electron chi connectivity index (χ2n) is 5.61. The second-order valence-corrected chi connectivity index (χ2v) is 7.11. The number of sulfonamides is 1. The first kappa shape index (κ1) is 17.3. The number of ether oxygens (including phenoxy) is 1. The minimum atomic E-state index is -3.96. The predicted molar refractivity (Wildman–Crippen MR) is 91.2 cm³/mol. The number of amides is 1. The van der Waals surface area contributed by atoms with Gasteiger partial charge in [-0.25, -0.2) is 13.6 Å². The standard InChI is InChI=1S/C16H19N3O5S/c1-23-13-5-3-2-4-12(13)18-8-10-19(11-9-18)16(20)14-6-7-15(24-14)25(17,21)22/h2-7H,8-11H2,1H3,(H2,17,21,22). The monoisotopic (exact) mass is 365 g/mol. The Morgan fingerprint density at radius 3 is 2.40 bits per heavy atom. The highest BCUT2D eigenvalue weighted by molar-refractivity contribution is 7.89. The largest absolute Gasteiger partial charge is 0.495 e. The minimum absolute atomic E-state index is 0.0326. The van der Waals surface area contributed by atoms with E-state index in [0.29, 0.717) is 26.2 Å². The van der Waals surface area contributed by atoms with E-state index in [1.54, 1.807) is 12.0 Å². The molecule has 1 aliphatic rings. The second kappa shape index (κ2) is 6.77. The van der Waals surface area contributed by atoms with Gasteiger partial charge in [0.1, 0.15) is 5.75 Å². The number of benzene rings is 1. The molecule has 1 aromatic heterocycles. The topological polar surface area (TPSA) is 106 Å². The number of nitrogens with zero attached hydrogens (tertiary/aromatic N) is 2. The van der Waals surface area contributed by atoms with Crippen LogP contribution >= 0.6 is 0 Å². The lowest BCUT2D eigenvalue weighted by Gasteiger charge is -2.36. The lowest BCUT2D eigenvalue weighted by atomic mass is 10.2. The number of carbonyl (C=O) groups is 1. The van der Waals surface area contributed by atoms with E-state index in [4.69, 9.17) is 14.3 Å². The molecule has 8 nitrogen and oxygen atoms in total. The SMILES string of the molecule is COc1ccccc1N1CCN(C(=O)c2ccc(S(N)(=O)=O)o2)CC1. The van der Waals surface area contributed by atoms with Crippen LogP contribution in [0.5, 0.6) is 5.75 Å². The number of para-hydroxylation sites is 2. The van der Waals surface area contributed by atoms with E-state index in [9.17, 15) is 13.2 Å². The van der Waals surface area contributed by atoms with Crippen LogP contribution in [-0.4, -0.2) is 52.5 Å². The third kappa shape index (κ3) is 3.62. The molecule has 0 radical (unpaired) electrons. The molecular weight excluding hydrogens is 346 g/mol. The highest BCUT2D eigenvalue weighted by Crippen LogP contribution is 2.28. The maximum Gasteiger partial charge on any atom is 0.289 e. The molecule has 1 aromatic carbocycles. The number of primary sulfonamides is 1. The fourth-order valence-corrected chi connectivity index (χ4v) is 3.25. The summed E-state index contributed by atoms with van der Waals surface area (Å²) in [5.41, 5.74) is 0.978. The van der Waals surface area contributed by atoms with Gasteiger partial charge in [0.15, 0.2) is 5.76 Å². The van der Waals surface area contributed by atoms with Gasteiger partial charge in [0.25, 0.3) is 15.9 Å². The number of methoxy groups -OCH3 is 1. The molecule has 1 aliphatic heterocycles. The van der Waals surface area contributed by atoms with Gasteiger partial charge in [0.05, 0.1) is 12.8 Å². The number of rotatable bonds is 4. The van der Waals surface area contributed by atoms with Gasteiger partial charge in [-0.05, 0) is 24.3 Å². The molecule has 0 unspecified atom stereocenters. The van der Waals surface area contributed by atoms with Crippen molar-refractivity contribution >= 4 is 21.6 Å². The summed E-state index contributed by atoms with van der Waals surface area (Å²) in [6.07, 6.45) is 0. The minimum Gasteiger partial charge on any atom is -0.495 e. The average molecular weight is 365 g/mol. The molecule has 0 bridgehead atoms. The van der Waals surface area contributed by atoms with Crippen molar-refractivity contribution in [2.45, 2.75) is 5.09 Å². The van der Waals surface area contributed by atoms with Gasteiger partial charge >= 0.3 is 0 Å². The van der Waals surface area contributed by atoms with Crippen molar-refractivity contribution < 1.29 is 22.4 Å². The van der Waals surface area contributed by atoms with E-state index in [-0.39, 0.29) is 11.7 Å². The maximum atomic E-state index is 12.5. The van der Waals surface area contributed by atoms with Gasteiger partial charge in [0, 0.05) is 26.2 Å². The Morgan fingerprint density at radius 1 is 1.12 bits per heavy atom. The summed E-state index contributed by atoms with van der Waals surface area (Å²) in [4.78, 5) is 16.2. The molecule has 3 rings (SSSR count). The van der Waals surface area contributed by atoms with Crippen LogP contribution in [0.4, 0.5) is 5.69 Å². The van der Waals surface area contributed by atoms with Gasteiger partial charge in [-0.3, -0.25) is 4.79 Å². The predicted octanol–water partition coefficient (Wildman–Crippen LogP) is 0.898. The number of hydrogen-bond donors (Lipinski definition) is 1. The van der Waals surface area contributed by atoms with Crippen molar-refractivity contribution in [2.24, 2.45) is 5.14 Å². The average Bonchev–Trinajstić information content (AvgIpc) is 3.12. The lowest BCUT2D eigenvalue weighted by Crippen LogP contribution is -2.48. The van der Waals surface area contributed by atoms with Crippen LogP contribution in [-0.2, 0) is 10.0 Å². The summed E-state index contributed by atoms with van der Waals surface area (Å²) >= 11 is 0. The molecule has 134 valence electrons. The summed E-state index contributed by atoms with van der Waals surface area (Å²) in [5.74, 6) is 0.399. The quantitative estimate of drug-likeness (QED) is 0.863. The van der Waals surface area contributed by atoms with E-state index in [1.807, 2.05) is 24.3 Å². The van der Waals surface area contributed by atoms with Crippen LogP contribution in [0.2, 0.25) is 0 Å². The molecule has 0 saturated carbocycles. The number of hydrogen-bond acceptors (Lipinski definition) is 6. The molecule has 1 saturated heterocycles. The normalized spacial score (nSPS) is 15.3. The van der Waals surface area contributed by atoms with Crippen LogP contribution in [0.25, 0.3) is 0 Å². The zero-order valence-corrected chi connectivity index (χ0v) is 14.5. The van der Waals surface area contributed by atoms with Crippen LogP contribution in [0, 0.1) is 0 Å². The number of carbonyl (C=O) groups excluding carboxylic acids is 1. The Morgan fingerprint density at radius 2 is 1.80 bits per heavy atom. The number of furan rings is 1. The van der Waals surface area contributed by atoms with Crippen molar-refractivity contribution in [2.75, 3.05) is 38.2 Å². The van der Waals surface area contributed by atoms with Crippen LogP contribution < -0.4 is 14.8 Å². The molecule has 1 fully saturated rings. The van der Waals surface area contributed by atoms with Crippen LogP contribution in [0.1, 0.15) is 10.6 Å². The van der Waals surface area contributed by atoms with Gasteiger partial charge in [0.2, 0.25) is 5.09 Å². The fraction of sp³-hybridized carbons (Fsp3) is 0.312. The van der Waals surface area contributed by atoms with E-state index < -0.39 is 15.1 Å². The first-order valence-corrected chi connectivity index (χ1v) is 9.24. The van der Waals surface area contributed by atoms with E-state index in [2.05, 4.69) is 4.90 Å². The molecule has 2 heterocycles. The van der Waals surface area contributed by atoms with Crippen molar-refractivity contribution in [1.82, 2.24) is 4.90 Å². The summed E-state index contributed by atoms with van der Waals surface area (Å²) < 4.78 is 32.9. The summed E-state index contributed by atoms with van der Waals surface area (Å²) in [6, 6.07) is 10.2. The van der Waals surface area contributed by atoms with Crippen LogP contribution in [0.15, 0.2) is 45.9 Å².